The molecule has 1 aromatic carbocycles. The zero-order valence-electron chi connectivity index (χ0n) is 11.4. The highest BCUT2D eigenvalue weighted by Crippen LogP contribution is 2.32. The highest BCUT2D eigenvalue weighted by Gasteiger charge is 2.35. The largest absolute Gasteiger partial charge is 0.417 e. The van der Waals surface area contributed by atoms with Gasteiger partial charge in [-0.2, -0.15) is 13.2 Å². The van der Waals surface area contributed by atoms with Crippen molar-refractivity contribution in [3.8, 4) is 0 Å². The maximum absolute atomic E-state index is 12.9. The molecule has 116 valence electrons. The molecule has 0 spiro atoms. The van der Waals surface area contributed by atoms with Crippen LogP contribution < -0.4 is 5.73 Å². The third-order valence-corrected chi connectivity index (χ3v) is 2.72. The maximum Gasteiger partial charge on any atom is 0.417 e. The maximum atomic E-state index is 12.9. The average molecular weight is 303 g/mol. The van der Waals surface area contributed by atoms with Gasteiger partial charge in [0.1, 0.15) is 0 Å². The second kappa shape index (κ2) is 6.96. The molecular weight excluding hydrogens is 287 g/mol. The number of hydrogen-bond donors (Lipinski definition) is 2. The van der Waals surface area contributed by atoms with Gasteiger partial charge in [-0.1, -0.05) is 24.2 Å². The van der Waals surface area contributed by atoms with Gasteiger partial charge in [0.05, 0.1) is 17.7 Å². The third kappa shape index (κ3) is 4.37. The molecule has 8 heteroatoms. The van der Waals surface area contributed by atoms with E-state index in [0.717, 1.165) is 17.0 Å². The van der Waals surface area contributed by atoms with Crippen molar-refractivity contribution in [2.45, 2.75) is 19.5 Å². The highest BCUT2D eigenvalue weighted by atomic mass is 19.4. The predicted molar refractivity (Wildman–Crippen MR) is 71.0 cm³/mol. The van der Waals surface area contributed by atoms with Crippen LogP contribution in [-0.4, -0.2) is 34.9 Å². The van der Waals surface area contributed by atoms with Crippen molar-refractivity contribution >= 4 is 11.7 Å². The molecule has 0 bridgehead atoms. The van der Waals surface area contributed by atoms with Crippen molar-refractivity contribution in [2.75, 3.05) is 13.1 Å². The van der Waals surface area contributed by atoms with Gasteiger partial charge in [-0.25, -0.2) is 0 Å². The van der Waals surface area contributed by atoms with Crippen LogP contribution in [0.3, 0.4) is 0 Å². The molecule has 0 saturated carbocycles. The van der Waals surface area contributed by atoms with Gasteiger partial charge in [0.15, 0.2) is 5.84 Å². The zero-order valence-corrected chi connectivity index (χ0v) is 11.4. The summed E-state index contributed by atoms with van der Waals surface area (Å²) in [6, 6.07) is 4.53. The lowest BCUT2D eigenvalue weighted by Gasteiger charge is -2.23. The quantitative estimate of drug-likeness (QED) is 0.379. The summed E-state index contributed by atoms with van der Waals surface area (Å²) in [5.41, 5.74) is 3.87. The number of nitrogens with zero attached hydrogens (tertiary/aromatic N) is 2. The lowest BCUT2D eigenvalue weighted by Crippen LogP contribution is -2.39. The van der Waals surface area contributed by atoms with Crippen LogP contribution in [0.15, 0.2) is 29.4 Å². The normalized spacial score (nSPS) is 12.3. The number of amidine groups is 1. The number of carbonyl (C=O) groups is 1. The molecule has 0 aliphatic heterocycles. The Morgan fingerprint density at radius 2 is 2.00 bits per heavy atom. The zero-order chi connectivity index (χ0) is 16.0. The summed E-state index contributed by atoms with van der Waals surface area (Å²) in [6.07, 6.45) is -4.10. The first-order valence-electron chi connectivity index (χ1n) is 6.23. The van der Waals surface area contributed by atoms with E-state index in [1.54, 1.807) is 6.92 Å². The Bertz CT molecular complexity index is 530. The molecule has 1 amide bonds. The molecule has 0 heterocycles. The van der Waals surface area contributed by atoms with Crippen LogP contribution in [0.1, 0.15) is 29.3 Å². The molecule has 0 atom stereocenters. The van der Waals surface area contributed by atoms with Crippen molar-refractivity contribution in [3.63, 3.8) is 0 Å². The predicted octanol–water partition coefficient (Wildman–Crippen LogP) is 2.30. The van der Waals surface area contributed by atoms with Crippen LogP contribution in [0, 0.1) is 0 Å². The smallest absolute Gasteiger partial charge is 0.409 e. The van der Waals surface area contributed by atoms with Gasteiger partial charge in [-0.3, -0.25) is 4.79 Å². The van der Waals surface area contributed by atoms with E-state index in [1.165, 1.54) is 12.1 Å². The monoisotopic (exact) mass is 303 g/mol. The van der Waals surface area contributed by atoms with Crippen LogP contribution in [0.25, 0.3) is 0 Å². The van der Waals surface area contributed by atoms with Gasteiger partial charge < -0.3 is 15.8 Å². The summed E-state index contributed by atoms with van der Waals surface area (Å²) in [4.78, 5) is 13.4. The Labute approximate surface area is 119 Å². The minimum atomic E-state index is -4.62. The van der Waals surface area contributed by atoms with Crippen LogP contribution >= 0.6 is 0 Å². The number of nitrogens with two attached hydrogens (primary N) is 1. The fourth-order valence-corrected chi connectivity index (χ4v) is 1.84. The summed E-state index contributed by atoms with van der Waals surface area (Å²) in [7, 11) is 0. The summed E-state index contributed by atoms with van der Waals surface area (Å²) in [5.74, 6) is -1.06. The van der Waals surface area contributed by atoms with E-state index in [4.69, 9.17) is 10.9 Å². The third-order valence-electron chi connectivity index (χ3n) is 2.72. The Balaban J connectivity index is 3.15. The molecule has 0 aliphatic carbocycles. The second-order valence-electron chi connectivity index (χ2n) is 4.36. The van der Waals surface area contributed by atoms with Crippen LogP contribution in [0.5, 0.6) is 0 Å². The van der Waals surface area contributed by atoms with E-state index in [1.807, 2.05) is 0 Å². The Hall–Kier alpha value is -2.25. The highest BCUT2D eigenvalue weighted by molar-refractivity contribution is 5.98. The van der Waals surface area contributed by atoms with E-state index in [9.17, 15) is 18.0 Å². The molecule has 5 nitrogen and oxygen atoms in total. The Kier molecular flexibility index (Phi) is 5.57. The molecule has 1 aromatic rings. The summed E-state index contributed by atoms with van der Waals surface area (Å²) in [6.45, 7) is 1.72. The number of carbonyl (C=O) groups excluding carboxylic acids is 1. The van der Waals surface area contributed by atoms with Crippen molar-refractivity contribution in [3.05, 3.63) is 35.4 Å². The fourth-order valence-electron chi connectivity index (χ4n) is 1.84. The molecule has 0 aromatic heterocycles. The van der Waals surface area contributed by atoms with E-state index >= 15 is 0 Å². The first-order chi connectivity index (χ1) is 9.81. The molecule has 0 saturated heterocycles. The van der Waals surface area contributed by atoms with Gasteiger partial charge in [0.25, 0.3) is 5.91 Å². The number of oxime groups is 1. The number of halogens is 3. The lowest BCUT2D eigenvalue weighted by atomic mass is 10.1. The molecule has 1 rings (SSSR count). The Morgan fingerprint density at radius 3 is 2.52 bits per heavy atom. The SMILES string of the molecule is CCCN(CC(N)=NO)C(=O)c1ccccc1C(F)(F)F. The molecule has 3 N–H and O–H groups in total. The number of amides is 1. The summed E-state index contributed by atoms with van der Waals surface area (Å²) in [5, 5.41) is 11.3. The number of rotatable bonds is 5. The summed E-state index contributed by atoms with van der Waals surface area (Å²) >= 11 is 0. The number of hydrogen-bond acceptors (Lipinski definition) is 3. The van der Waals surface area contributed by atoms with Crippen molar-refractivity contribution in [1.29, 1.82) is 0 Å². The van der Waals surface area contributed by atoms with Gasteiger partial charge in [-0.05, 0) is 18.6 Å². The minimum absolute atomic E-state index is 0.196. The van der Waals surface area contributed by atoms with Gasteiger partial charge in [0.2, 0.25) is 0 Å². The van der Waals surface area contributed by atoms with Crippen molar-refractivity contribution < 1.29 is 23.2 Å². The fraction of sp³-hybridized carbons (Fsp3) is 0.385. The van der Waals surface area contributed by atoms with Gasteiger partial charge >= 0.3 is 6.18 Å². The molecule has 0 fully saturated rings. The topological polar surface area (TPSA) is 78.9 Å². The number of benzene rings is 1. The Morgan fingerprint density at radius 1 is 1.38 bits per heavy atom. The van der Waals surface area contributed by atoms with Crippen LogP contribution in [0.2, 0.25) is 0 Å². The van der Waals surface area contributed by atoms with Crippen LogP contribution in [-0.2, 0) is 6.18 Å². The molecule has 0 radical (unpaired) electrons. The van der Waals surface area contributed by atoms with E-state index in [0.29, 0.717) is 6.42 Å². The summed E-state index contributed by atoms with van der Waals surface area (Å²) < 4.78 is 38.8. The van der Waals surface area contributed by atoms with E-state index in [2.05, 4.69) is 5.16 Å². The molecule has 0 unspecified atom stereocenters. The van der Waals surface area contributed by atoms with E-state index in [-0.39, 0.29) is 18.9 Å². The van der Waals surface area contributed by atoms with E-state index < -0.39 is 23.2 Å². The molecule has 0 aliphatic rings. The molecule has 21 heavy (non-hydrogen) atoms. The van der Waals surface area contributed by atoms with Crippen LogP contribution in [0.4, 0.5) is 13.2 Å². The van der Waals surface area contributed by atoms with Crippen molar-refractivity contribution in [2.24, 2.45) is 10.9 Å². The van der Waals surface area contributed by atoms with Crippen molar-refractivity contribution in [1.82, 2.24) is 4.90 Å². The first-order valence-corrected chi connectivity index (χ1v) is 6.23. The minimum Gasteiger partial charge on any atom is -0.409 e. The van der Waals surface area contributed by atoms with Gasteiger partial charge in [-0.15, -0.1) is 0 Å². The first kappa shape index (κ1) is 16.8. The lowest BCUT2D eigenvalue weighted by molar-refractivity contribution is -0.138. The molecular formula is C13H16F3N3O2. The average Bonchev–Trinajstić information content (AvgIpc) is 2.45. The number of alkyl halides is 3. The van der Waals surface area contributed by atoms with Gasteiger partial charge in [0, 0.05) is 6.54 Å². The standard InChI is InChI=1S/C13H16F3N3O2/c1-2-7-19(8-11(17)18-21)12(20)9-5-3-4-6-10(9)13(14,15)16/h3-6,21H,2,7-8H2,1H3,(H2,17,18). The second-order valence-corrected chi connectivity index (χ2v) is 4.36.